The van der Waals surface area contributed by atoms with Crippen LogP contribution in [0.15, 0.2) is 36.9 Å². The van der Waals surface area contributed by atoms with Crippen LogP contribution in [-0.4, -0.2) is 9.55 Å². The number of nitrogens with zero attached hydrogens (tertiary/aromatic N) is 2. The van der Waals surface area contributed by atoms with Crippen molar-refractivity contribution in [1.29, 1.82) is 0 Å². The first-order valence-electron chi connectivity index (χ1n) is 4.43. The molecule has 3 nitrogen and oxygen atoms in total. The van der Waals surface area contributed by atoms with Crippen molar-refractivity contribution in [3.8, 4) is 5.69 Å². The fourth-order valence-corrected chi connectivity index (χ4v) is 1.40. The molecule has 2 rings (SSSR count). The van der Waals surface area contributed by atoms with E-state index in [1.165, 1.54) is 35.4 Å². The van der Waals surface area contributed by atoms with Crippen molar-refractivity contribution >= 4 is 5.69 Å². The summed E-state index contributed by atoms with van der Waals surface area (Å²) in [7, 11) is 0. The molecule has 1 aromatic heterocycles. The zero-order valence-electron chi connectivity index (χ0n) is 8.07. The van der Waals surface area contributed by atoms with Crippen LogP contribution in [-0.2, 0) is 6.18 Å². The Kier molecular flexibility index (Phi) is 2.34. The number of aromatic nitrogens is 2. The molecule has 0 aliphatic carbocycles. The van der Waals surface area contributed by atoms with Crippen LogP contribution in [0.1, 0.15) is 5.56 Å². The average molecular weight is 227 g/mol. The second kappa shape index (κ2) is 3.55. The van der Waals surface area contributed by atoms with Gasteiger partial charge in [-0.3, -0.25) is 0 Å². The highest BCUT2D eigenvalue weighted by molar-refractivity contribution is 5.53. The molecule has 1 aromatic carbocycles. The summed E-state index contributed by atoms with van der Waals surface area (Å²) < 4.78 is 39.4. The number of rotatable bonds is 1. The Morgan fingerprint density at radius 1 is 1.25 bits per heavy atom. The monoisotopic (exact) mass is 227 g/mol. The van der Waals surface area contributed by atoms with Crippen molar-refractivity contribution < 1.29 is 13.2 Å². The fourth-order valence-electron chi connectivity index (χ4n) is 1.40. The van der Waals surface area contributed by atoms with Gasteiger partial charge in [-0.25, -0.2) is 4.98 Å². The van der Waals surface area contributed by atoms with Gasteiger partial charge in [0.25, 0.3) is 0 Å². The Hall–Kier alpha value is -1.98. The SMILES string of the molecule is Nc1ccc(C(F)(F)F)c(-n2ccnc2)c1. The summed E-state index contributed by atoms with van der Waals surface area (Å²) in [4.78, 5) is 3.71. The number of benzene rings is 1. The Morgan fingerprint density at radius 3 is 2.56 bits per heavy atom. The predicted octanol–water partition coefficient (Wildman–Crippen LogP) is 2.47. The van der Waals surface area contributed by atoms with Gasteiger partial charge in [-0.1, -0.05) is 0 Å². The van der Waals surface area contributed by atoms with Crippen LogP contribution in [0.5, 0.6) is 0 Å². The van der Waals surface area contributed by atoms with Crippen molar-refractivity contribution in [3.05, 3.63) is 42.5 Å². The standard InChI is InChI=1S/C10H8F3N3/c11-10(12,13)8-2-1-7(14)5-9(8)16-4-3-15-6-16/h1-6H,14H2. The topological polar surface area (TPSA) is 43.8 Å². The third-order valence-corrected chi connectivity index (χ3v) is 2.11. The minimum Gasteiger partial charge on any atom is -0.399 e. The van der Waals surface area contributed by atoms with Crippen molar-refractivity contribution in [2.24, 2.45) is 0 Å². The molecule has 16 heavy (non-hydrogen) atoms. The molecule has 2 aromatic rings. The minimum atomic E-state index is -4.41. The van der Waals surface area contributed by atoms with E-state index in [0.717, 1.165) is 6.07 Å². The molecule has 6 heteroatoms. The summed E-state index contributed by atoms with van der Waals surface area (Å²) >= 11 is 0. The van der Waals surface area contributed by atoms with E-state index in [9.17, 15) is 13.2 Å². The molecule has 0 amide bonds. The maximum atomic E-state index is 12.7. The molecule has 0 fully saturated rings. The smallest absolute Gasteiger partial charge is 0.399 e. The second-order valence-electron chi connectivity index (χ2n) is 3.24. The maximum Gasteiger partial charge on any atom is 0.418 e. The lowest BCUT2D eigenvalue weighted by molar-refractivity contribution is -0.137. The number of alkyl halides is 3. The zero-order chi connectivity index (χ0) is 11.8. The van der Waals surface area contributed by atoms with Crippen LogP contribution in [0.25, 0.3) is 5.69 Å². The zero-order valence-corrected chi connectivity index (χ0v) is 8.07. The fraction of sp³-hybridized carbons (Fsp3) is 0.100. The van der Waals surface area contributed by atoms with Crippen LogP contribution in [0.3, 0.4) is 0 Å². The number of nitrogens with two attached hydrogens (primary N) is 1. The predicted molar refractivity (Wildman–Crippen MR) is 53.0 cm³/mol. The summed E-state index contributed by atoms with van der Waals surface area (Å²) in [5.41, 5.74) is 4.99. The first kappa shape index (κ1) is 10.5. The molecule has 0 atom stereocenters. The van der Waals surface area contributed by atoms with Crippen molar-refractivity contribution in [2.75, 3.05) is 5.73 Å². The molecule has 0 bridgehead atoms. The average Bonchev–Trinajstić information content (AvgIpc) is 2.68. The van der Waals surface area contributed by atoms with E-state index in [4.69, 9.17) is 5.73 Å². The molecule has 0 saturated carbocycles. The number of hydrogen-bond donors (Lipinski definition) is 1. The third-order valence-electron chi connectivity index (χ3n) is 2.11. The molecule has 1 heterocycles. The van der Waals surface area contributed by atoms with Gasteiger partial charge in [0.1, 0.15) is 0 Å². The van der Waals surface area contributed by atoms with E-state index in [1.54, 1.807) is 0 Å². The molecular formula is C10H8F3N3. The van der Waals surface area contributed by atoms with Gasteiger partial charge in [-0.05, 0) is 18.2 Å². The van der Waals surface area contributed by atoms with Gasteiger partial charge < -0.3 is 10.3 Å². The highest BCUT2D eigenvalue weighted by Crippen LogP contribution is 2.34. The molecule has 0 saturated heterocycles. The van der Waals surface area contributed by atoms with Crippen LogP contribution in [0.2, 0.25) is 0 Å². The first-order chi connectivity index (χ1) is 7.48. The van der Waals surface area contributed by atoms with E-state index < -0.39 is 11.7 Å². The molecule has 0 aliphatic heterocycles. The summed E-state index contributed by atoms with van der Waals surface area (Å²) in [6, 6.07) is 3.46. The lowest BCUT2D eigenvalue weighted by Crippen LogP contribution is -2.10. The largest absolute Gasteiger partial charge is 0.418 e. The van der Waals surface area contributed by atoms with Gasteiger partial charge in [0.2, 0.25) is 0 Å². The number of halogens is 3. The molecule has 0 spiro atoms. The van der Waals surface area contributed by atoms with Gasteiger partial charge >= 0.3 is 6.18 Å². The van der Waals surface area contributed by atoms with E-state index in [-0.39, 0.29) is 11.4 Å². The van der Waals surface area contributed by atoms with Crippen LogP contribution in [0.4, 0.5) is 18.9 Å². The summed E-state index contributed by atoms with van der Waals surface area (Å²) in [6.07, 6.45) is -0.273. The Bertz CT molecular complexity index is 489. The van der Waals surface area contributed by atoms with Crippen LogP contribution >= 0.6 is 0 Å². The summed E-state index contributed by atoms with van der Waals surface area (Å²) in [6.45, 7) is 0. The van der Waals surface area contributed by atoms with E-state index >= 15 is 0 Å². The number of hydrogen-bond acceptors (Lipinski definition) is 2. The Morgan fingerprint density at radius 2 is 2.00 bits per heavy atom. The van der Waals surface area contributed by atoms with Crippen molar-refractivity contribution in [3.63, 3.8) is 0 Å². The molecular weight excluding hydrogens is 219 g/mol. The van der Waals surface area contributed by atoms with E-state index in [0.29, 0.717) is 0 Å². The number of imidazole rings is 1. The molecule has 0 unspecified atom stereocenters. The Labute approximate surface area is 89.3 Å². The lowest BCUT2D eigenvalue weighted by Gasteiger charge is -2.13. The molecule has 0 radical (unpaired) electrons. The molecule has 84 valence electrons. The quantitative estimate of drug-likeness (QED) is 0.760. The van der Waals surface area contributed by atoms with Crippen LogP contribution < -0.4 is 5.73 Å². The van der Waals surface area contributed by atoms with E-state index in [2.05, 4.69) is 4.98 Å². The number of anilines is 1. The highest BCUT2D eigenvalue weighted by Gasteiger charge is 2.33. The van der Waals surface area contributed by atoms with Gasteiger partial charge in [-0.2, -0.15) is 13.2 Å². The van der Waals surface area contributed by atoms with Gasteiger partial charge in [0, 0.05) is 18.1 Å². The molecule has 0 aliphatic rings. The highest BCUT2D eigenvalue weighted by atomic mass is 19.4. The Balaban J connectivity index is 2.63. The van der Waals surface area contributed by atoms with Gasteiger partial charge in [0.15, 0.2) is 0 Å². The van der Waals surface area contributed by atoms with Crippen LogP contribution in [0, 0.1) is 0 Å². The van der Waals surface area contributed by atoms with Crippen molar-refractivity contribution in [2.45, 2.75) is 6.18 Å². The third kappa shape index (κ3) is 1.86. The lowest BCUT2D eigenvalue weighted by atomic mass is 10.1. The number of nitrogen functional groups attached to an aromatic ring is 1. The minimum absolute atomic E-state index is 0.0231. The normalized spacial score (nSPS) is 11.7. The summed E-state index contributed by atoms with van der Waals surface area (Å²) in [5.74, 6) is 0. The maximum absolute atomic E-state index is 12.7. The summed E-state index contributed by atoms with van der Waals surface area (Å²) in [5, 5.41) is 0. The molecule has 2 N–H and O–H groups in total. The van der Waals surface area contributed by atoms with Crippen molar-refractivity contribution in [1.82, 2.24) is 9.55 Å². The first-order valence-corrected chi connectivity index (χ1v) is 4.43. The van der Waals surface area contributed by atoms with Gasteiger partial charge in [0.05, 0.1) is 17.6 Å². The second-order valence-corrected chi connectivity index (χ2v) is 3.24. The van der Waals surface area contributed by atoms with E-state index in [1.807, 2.05) is 0 Å². The van der Waals surface area contributed by atoms with Gasteiger partial charge in [-0.15, -0.1) is 0 Å².